The molecule has 0 radical (unpaired) electrons. The van der Waals surface area contributed by atoms with Crippen molar-refractivity contribution in [1.29, 1.82) is 0 Å². The summed E-state index contributed by atoms with van der Waals surface area (Å²) in [6.45, 7) is 0.827. The van der Waals surface area contributed by atoms with Crippen LogP contribution in [0, 0.1) is 0 Å². The molecule has 3 aromatic rings. The first-order chi connectivity index (χ1) is 10.3. The third-order valence-electron chi connectivity index (χ3n) is 3.87. The fourth-order valence-corrected chi connectivity index (χ4v) is 2.72. The van der Waals surface area contributed by atoms with E-state index in [-0.39, 0.29) is 0 Å². The van der Waals surface area contributed by atoms with Crippen molar-refractivity contribution < 1.29 is 0 Å². The standard InChI is InChI=1S/C16H17N5/c17-13-3-1-2-12(10-13)11-20(14-4-5-14)16-15-6-7-19-21(15)9-8-18-16/h1-3,6-10,14H,4-5,11,17H2. The molecule has 2 heterocycles. The number of anilines is 2. The number of nitrogens with two attached hydrogens (primary N) is 1. The van der Waals surface area contributed by atoms with Gasteiger partial charge in [-0.2, -0.15) is 5.10 Å². The Labute approximate surface area is 123 Å². The van der Waals surface area contributed by atoms with Crippen LogP contribution < -0.4 is 10.6 Å². The smallest absolute Gasteiger partial charge is 0.155 e. The Morgan fingerprint density at radius 3 is 2.95 bits per heavy atom. The summed E-state index contributed by atoms with van der Waals surface area (Å²) >= 11 is 0. The number of rotatable bonds is 4. The number of nitrogens with zero attached hydrogens (tertiary/aromatic N) is 4. The molecule has 2 N–H and O–H groups in total. The maximum Gasteiger partial charge on any atom is 0.155 e. The Hall–Kier alpha value is -2.56. The first kappa shape index (κ1) is 12.2. The van der Waals surface area contributed by atoms with E-state index in [9.17, 15) is 0 Å². The third kappa shape index (κ3) is 2.31. The van der Waals surface area contributed by atoms with E-state index in [1.54, 1.807) is 0 Å². The average molecular weight is 279 g/mol. The lowest BCUT2D eigenvalue weighted by Gasteiger charge is -2.24. The van der Waals surface area contributed by atoms with E-state index in [0.29, 0.717) is 6.04 Å². The van der Waals surface area contributed by atoms with E-state index in [4.69, 9.17) is 5.73 Å². The number of hydrogen-bond acceptors (Lipinski definition) is 4. The molecule has 5 nitrogen and oxygen atoms in total. The minimum atomic E-state index is 0.569. The highest BCUT2D eigenvalue weighted by atomic mass is 15.3. The molecule has 21 heavy (non-hydrogen) atoms. The molecule has 0 spiro atoms. The van der Waals surface area contributed by atoms with Gasteiger partial charge < -0.3 is 10.6 Å². The van der Waals surface area contributed by atoms with Gasteiger partial charge in [0.25, 0.3) is 0 Å². The summed E-state index contributed by atoms with van der Waals surface area (Å²) < 4.78 is 1.87. The zero-order chi connectivity index (χ0) is 14.2. The summed E-state index contributed by atoms with van der Waals surface area (Å²) in [5, 5.41) is 4.29. The minimum Gasteiger partial charge on any atom is -0.399 e. The molecular weight excluding hydrogens is 262 g/mol. The van der Waals surface area contributed by atoms with Crippen LogP contribution in [0.4, 0.5) is 11.5 Å². The summed E-state index contributed by atoms with van der Waals surface area (Å²) in [5.74, 6) is 1.000. The number of hydrogen-bond donors (Lipinski definition) is 1. The number of fused-ring (bicyclic) bond motifs is 1. The second-order valence-corrected chi connectivity index (χ2v) is 5.52. The molecule has 1 saturated carbocycles. The number of nitrogen functional groups attached to an aromatic ring is 1. The molecule has 5 heteroatoms. The second kappa shape index (κ2) is 4.77. The van der Waals surface area contributed by atoms with Gasteiger partial charge in [-0.25, -0.2) is 9.50 Å². The van der Waals surface area contributed by atoms with Crippen LogP contribution in [-0.4, -0.2) is 20.6 Å². The highest BCUT2D eigenvalue weighted by molar-refractivity contribution is 5.69. The maximum absolute atomic E-state index is 5.89. The van der Waals surface area contributed by atoms with E-state index >= 15 is 0 Å². The van der Waals surface area contributed by atoms with E-state index < -0.39 is 0 Å². The van der Waals surface area contributed by atoms with Crippen molar-refractivity contribution in [3.05, 3.63) is 54.5 Å². The van der Waals surface area contributed by atoms with E-state index in [1.165, 1.54) is 18.4 Å². The maximum atomic E-state index is 5.89. The van der Waals surface area contributed by atoms with Gasteiger partial charge >= 0.3 is 0 Å². The van der Waals surface area contributed by atoms with Crippen molar-refractivity contribution in [2.24, 2.45) is 0 Å². The molecule has 0 atom stereocenters. The van der Waals surface area contributed by atoms with E-state index in [0.717, 1.165) is 23.6 Å². The van der Waals surface area contributed by atoms with Gasteiger partial charge in [0.15, 0.2) is 5.82 Å². The monoisotopic (exact) mass is 279 g/mol. The lowest BCUT2D eigenvalue weighted by molar-refractivity contribution is 0.775. The van der Waals surface area contributed by atoms with Gasteiger partial charge in [0, 0.05) is 30.7 Å². The van der Waals surface area contributed by atoms with Gasteiger partial charge in [-0.3, -0.25) is 0 Å². The van der Waals surface area contributed by atoms with Crippen LogP contribution >= 0.6 is 0 Å². The molecule has 1 aliphatic rings. The van der Waals surface area contributed by atoms with Gasteiger partial charge in [-0.15, -0.1) is 0 Å². The minimum absolute atomic E-state index is 0.569. The van der Waals surface area contributed by atoms with Crippen molar-refractivity contribution >= 4 is 17.0 Å². The average Bonchev–Trinajstić information content (AvgIpc) is 3.21. The molecule has 2 aromatic heterocycles. The highest BCUT2D eigenvalue weighted by Crippen LogP contribution is 2.34. The molecule has 0 unspecified atom stereocenters. The first-order valence-electron chi connectivity index (χ1n) is 7.21. The Bertz CT molecular complexity index is 775. The molecule has 0 saturated heterocycles. The van der Waals surface area contributed by atoms with Crippen molar-refractivity contribution in [2.75, 3.05) is 10.6 Å². The van der Waals surface area contributed by atoms with Crippen molar-refractivity contribution in [1.82, 2.24) is 14.6 Å². The Morgan fingerprint density at radius 1 is 1.24 bits per heavy atom. The van der Waals surface area contributed by atoms with Crippen LogP contribution in [0.3, 0.4) is 0 Å². The highest BCUT2D eigenvalue weighted by Gasteiger charge is 2.31. The fourth-order valence-electron chi connectivity index (χ4n) is 2.72. The van der Waals surface area contributed by atoms with Crippen molar-refractivity contribution in [3.8, 4) is 0 Å². The van der Waals surface area contributed by atoms with Crippen LogP contribution in [0.2, 0.25) is 0 Å². The molecule has 1 fully saturated rings. The molecule has 106 valence electrons. The Morgan fingerprint density at radius 2 is 2.14 bits per heavy atom. The van der Waals surface area contributed by atoms with Gasteiger partial charge in [-0.05, 0) is 36.6 Å². The summed E-state index contributed by atoms with van der Waals surface area (Å²) in [5.41, 5.74) is 8.96. The molecule has 4 rings (SSSR count). The Balaban J connectivity index is 1.73. The van der Waals surface area contributed by atoms with Gasteiger partial charge in [0.05, 0.1) is 6.20 Å². The van der Waals surface area contributed by atoms with Crippen LogP contribution in [0.5, 0.6) is 0 Å². The third-order valence-corrected chi connectivity index (χ3v) is 3.87. The first-order valence-corrected chi connectivity index (χ1v) is 7.21. The zero-order valence-electron chi connectivity index (χ0n) is 11.7. The van der Waals surface area contributed by atoms with Crippen molar-refractivity contribution in [2.45, 2.75) is 25.4 Å². The predicted molar refractivity (Wildman–Crippen MR) is 83.0 cm³/mol. The summed E-state index contributed by atoms with van der Waals surface area (Å²) in [6, 6.07) is 10.6. The molecule has 1 aliphatic carbocycles. The van der Waals surface area contributed by atoms with Gasteiger partial charge in [0.1, 0.15) is 5.52 Å². The molecule has 0 amide bonds. The SMILES string of the molecule is Nc1cccc(CN(c2nccn3nccc23)C2CC2)c1. The molecule has 0 aliphatic heterocycles. The van der Waals surface area contributed by atoms with E-state index in [1.807, 2.05) is 47.4 Å². The summed E-state index contributed by atoms with van der Waals surface area (Å²) in [6.07, 6.45) is 7.94. The van der Waals surface area contributed by atoms with Crippen LogP contribution in [0.1, 0.15) is 18.4 Å². The topological polar surface area (TPSA) is 59.5 Å². The van der Waals surface area contributed by atoms with E-state index in [2.05, 4.69) is 21.0 Å². The van der Waals surface area contributed by atoms with Gasteiger partial charge in [0.2, 0.25) is 0 Å². The molecule has 0 bridgehead atoms. The normalized spacial score (nSPS) is 14.5. The summed E-state index contributed by atoms with van der Waals surface area (Å²) in [4.78, 5) is 6.96. The van der Waals surface area contributed by atoms with Crippen LogP contribution in [-0.2, 0) is 6.54 Å². The number of benzene rings is 1. The summed E-state index contributed by atoms with van der Waals surface area (Å²) in [7, 11) is 0. The zero-order valence-corrected chi connectivity index (χ0v) is 11.7. The predicted octanol–water partition coefficient (Wildman–Crippen LogP) is 2.48. The molecule has 1 aromatic carbocycles. The Kier molecular flexibility index (Phi) is 2.77. The van der Waals surface area contributed by atoms with Crippen molar-refractivity contribution in [3.63, 3.8) is 0 Å². The number of aromatic nitrogens is 3. The lowest BCUT2D eigenvalue weighted by Crippen LogP contribution is -2.26. The lowest BCUT2D eigenvalue weighted by atomic mass is 10.2. The quantitative estimate of drug-likeness (QED) is 0.745. The fraction of sp³-hybridized carbons (Fsp3) is 0.250. The van der Waals surface area contributed by atoms with Crippen LogP contribution in [0.15, 0.2) is 48.9 Å². The molecular formula is C16H17N5. The van der Waals surface area contributed by atoms with Crippen LogP contribution in [0.25, 0.3) is 5.52 Å². The van der Waals surface area contributed by atoms with Gasteiger partial charge in [-0.1, -0.05) is 12.1 Å². The largest absolute Gasteiger partial charge is 0.399 e. The second-order valence-electron chi connectivity index (χ2n) is 5.52.